The zero-order valence-corrected chi connectivity index (χ0v) is 6.72. The van der Waals surface area contributed by atoms with Gasteiger partial charge in [0.2, 0.25) is 0 Å². The van der Waals surface area contributed by atoms with Gasteiger partial charge in [-0.15, -0.1) is 0 Å². The van der Waals surface area contributed by atoms with E-state index in [1.165, 1.54) is 0 Å². The summed E-state index contributed by atoms with van der Waals surface area (Å²) in [5, 5.41) is 11.4. The molecule has 0 fully saturated rings. The summed E-state index contributed by atoms with van der Waals surface area (Å²) in [5.41, 5.74) is 0. The molecule has 60 valence electrons. The second-order valence-corrected chi connectivity index (χ2v) is 2.54. The highest BCUT2D eigenvalue weighted by Gasteiger charge is 2.11. The van der Waals surface area contributed by atoms with Gasteiger partial charge in [-0.05, 0) is 20.3 Å². The summed E-state index contributed by atoms with van der Waals surface area (Å²) in [5.74, 6) is -0.791. The Balaban J connectivity index is 3.56. The van der Waals surface area contributed by atoms with Crippen molar-refractivity contribution in [3.05, 3.63) is 0 Å². The van der Waals surface area contributed by atoms with Crippen molar-refractivity contribution < 1.29 is 9.90 Å². The summed E-state index contributed by atoms with van der Waals surface area (Å²) in [6.07, 6.45) is 0.956. The number of carbonyl (C=O) groups is 1. The molecule has 0 spiro atoms. The Morgan fingerprint density at radius 3 is 2.40 bits per heavy atom. The van der Waals surface area contributed by atoms with E-state index in [1.807, 2.05) is 13.8 Å². The van der Waals surface area contributed by atoms with Crippen LogP contribution in [0.1, 0.15) is 27.2 Å². The molecule has 0 saturated carbocycles. The maximum absolute atomic E-state index is 10.3. The van der Waals surface area contributed by atoms with Crippen LogP contribution in [-0.2, 0) is 4.79 Å². The quantitative estimate of drug-likeness (QED) is 0.616. The Bertz CT molecular complexity index is 114. The van der Waals surface area contributed by atoms with Crippen molar-refractivity contribution in [2.45, 2.75) is 39.3 Å². The second-order valence-electron chi connectivity index (χ2n) is 2.54. The van der Waals surface area contributed by atoms with Gasteiger partial charge in [-0.1, -0.05) is 6.92 Å². The van der Waals surface area contributed by atoms with Gasteiger partial charge in [-0.3, -0.25) is 4.79 Å². The molecule has 10 heavy (non-hydrogen) atoms. The standard InChI is InChI=1S/C7H15NO2/c1-4-5(2)8-6(3)7(9)10/h5-6,8H,4H2,1-3H3,(H,9,10)/t5?,6-/m1/s1. The first-order valence-electron chi connectivity index (χ1n) is 3.56. The number of hydrogen-bond donors (Lipinski definition) is 2. The van der Waals surface area contributed by atoms with Crippen molar-refractivity contribution in [2.24, 2.45) is 0 Å². The molecule has 3 heteroatoms. The molecule has 0 aromatic carbocycles. The van der Waals surface area contributed by atoms with E-state index in [0.29, 0.717) is 0 Å². The third kappa shape index (κ3) is 3.45. The SMILES string of the molecule is CCC(C)N[C@H](C)C(=O)O. The minimum absolute atomic E-state index is 0.283. The van der Waals surface area contributed by atoms with Crippen LogP contribution >= 0.6 is 0 Å². The van der Waals surface area contributed by atoms with E-state index in [1.54, 1.807) is 6.92 Å². The summed E-state index contributed by atoms with van der Waals surface area (Å²) in [6, 6.07) is -0.152. The molecule has 0 rings (SSSR count). The molecular formula is C7H15NO2. The fourth-order valence-corrected chi connectivity index (χ4v) is 0.616. The summed E-state index contributed by atoms with van der Waals surface area (Å²) in [7, 11) is 0. The molecule has 0 aromatic rings. The predicted octanol–water partition coefficient (Wildman–Crippen LogP) is 0.848. The number of aliphatic carboxylic acids is 1. The van der Waals surface area contributed by atoms with Crippen molar-refractivity contribution in [2.75, 3.05) is 0 Å². The lowest BCUT2D eigenvalue weighted by atomic mass is 10.2. The second kappa shape index (κ2) is 4.28. The van der Waals surface area contributed by atoms with Gasteiger partial charge in [0.25, 0.3) is 0 Å². The van der Waals surface area contributed by atoms with E-state index >= 15 is 0 Å². The van der Waals surface area contributed by atoms with Crippen LogP contribution in [0.4, 0.5) is 0 Å². The monoisotopic (exact) mass is 145 g/mol. The van der Waals surface area contributed by atoms with E-state index in [4.69, 9.17) is 5.11 Å². The highest BCUT2D eigenvalue weighted by Crippen LogP contribution is 1.91. The van der Waals surface area contributed by atoms with Gasteiger partial charge in [0.15, 0.2) is 0 Å². The van der Waals surface area contributed by atoms with Crippen LogP contribution in [0.5, 0.6) is 0 Å². The molecule has 0 heterocycles. The zero-order chi connectivity index (χ0) is 8.15. The zero-order valence-electron chi connectivity index (χ0n) is 6.72. The van der Waals surface area contributed by atoms with Gasteiger partial charge < -0.3 is 10.4 Å². The number of carboxylic acids is 1. The largest absolute Gasteiger partial charge is 0.480 e. The number of carboxylic acid groups (broad SMARTS) is 1. The molecule has 1 unspecified atom stereocenters. The van der Waals surface area contributed by atoms with Crippen LogP contribution in [0.25, 0.3) is 0 Å². The average molecular weight is 145 g/mol. The van der Waals surface area contributed by atoms with Crippen LogP contribution < -0.4 is 5.32 Å². The number of nitrogens with one attached hydrogen (secondary N) is 1. The van der Waals surface area contributed by atoms with Crippen molar-refractivity contribution in [3.63, 3.8) is 0 Å². The van der Waals surface area contributed by atoms with E-state index in [2.05, 4.69) is 5.32 Å². The molecular weight excluding hydrogens is 130 g/mol. The smallest absolute Gasteiger partial charge is 0.320 e. The van der Waals surface area contributed by atoms with Crippen LogP contribution in [0.15, 0.2) is 0 Å². The maximum atomic E-state index is 10.3. The van der Waals surface area contributed by atoms with Crippen LogP contribution in [0, 0.1) is 0 Å². The average Bonchev–Trinajstić information content (AvgIpc) is 1.87. The van der Waals surface area contributed by atoms with Gasteiger partial charge >= 0.3 is 5.97 Å². The summed E-state index contributed by atoms with van der Waals surface area (Å²) in [6.45, 7) is 5.64. The number of hydrogen-bond acceptors (Lipinski definition) is 2. The van der Waals surface area contributed by atoms with Gasteiger partial charge in [-0.25, -0.2) is 0 Å². The molecule has 0 aliphatic carbocycles. The van der Waals surface area contributed by atoms with Crippen molar-refractivity contribution >= 4 is 5.97 Å². The molecule has 0 aliphatic heterocycles. The molecule has 0 bridgehead atoms. The topological polar surface area (TPSA) is 49.3 Å². The Labute approximate surface area is 61.4 Å². The Morgan fingerprint density at radius 1 is 1.60 bits per heavy atom. The Kier molecular flexibility index (Phi) is 4.03. The fourth-order valence-electron chi connectivity index (χ4n) is 0.616. The first-order chi connectivity index (χ1) is 4.57. The van der Waals surface area contributed by atoms with Crippen LogP contribution in [-0.4, -0.2) is 23.2 Å². The first kappa shape index (κ1) is 9.43. The van der Waals surface area contributed by atoms with E-state index in [9.17, 15) is 4.79 Å². The van der Waals surface area contributed by atoms with Gasteiger partial charge in [0.1, 0.15) is 6.04 Å². The van der Waals surface area contributed by atoms with Gasteiger partial charge in [0.05, 0.1) is 0 Å². The van der Waals surface area contributed by atoms with Crippen molar-refractivity contribution in [1.29, 1.82) is 0 Å². The first-order valence-corrected chi connectivity index (χ1v) is 3.56. The van der Waals surface area contributed by atoms with Crippen molar-refractivity contribution in [3.8, 4) is 0 Å². The fraction of sp³-hybridized carbons (Fsp3) is 0.857. The third-order valence-electron chi connectivity index (χ3n) is 1.52. The molecule has 0 amide bonds. The molecule has 0 saturated heterocycles. The summed E-state index contributed by atoms with van der Waals surface area (Å²) in [4.78, 5) is 10.3. The molecule has 0 radical (unpaired) electrons. The van der Waals surface area contributed by atoms with Crippen molar-refractivity contribution in [1.82, 2.24) is 5.32 Å². The highest BCUT2D eigenvalue weighted by atomic mass is 16.4. The van der Waals surface area contributed by atoms with Gasteiger partial charge in [0, 0.05) is 6.04 Å². The van der Waals surface area contributed by atoms with Crippen LogP contribution in [0.3, 0.4) is 0 Å². The lowest BCUT2D eigenvalue weighted by Gasteiger charge is -2.14. The minimum atomic E-state index is -0.791. The third-order valence-corrected chi connectivity index (χ3v) is 1.52. The minimum Gasteiger partial charge on any atom is -0.480 e. The Hall–Kier alpha value is -0.570. The molecule has 0 aliphatic rings. The predicted molar refractivity (Wildman–Crippen MR) is 40.0 cm³/mol. The molecule has 3 nitrogen and oxygen atoms in total. The molecule has 2 N–H and O–H groups in total. The number of rotatable bonds is 4. The molecule has 2 atom stereocenters. The van der Waals surface area contributed by atoms with E-state index < -0.39 is 12.0 Å². The Morgan fingerprint density at radius 2 is 2.10 bits per heavy atom. The van der Waals surface area contributed by atoms with E-state index in [0.717, 1.165) is 6.42 Å². The lowest BCUT2D eigenvalue weighted by molar-refractivity contribution is -0.139. The van der Waals surface area contributed by atoms with E-state index in [-0.39, 0.29) is 6.04 Å². The molecule has 0 aromatic heterocycles. The van der Waals surface area contributed by atoms with Crippen LogP contribution in [0.2, 0.25) is 0 Å². The van der Waals surface area contributed by atoms with Gasteiger partial charge in [-0.2, -0.15) is 0 Å². The lowest BCUT2D eigenvalue weighted by Crippen LogP contribution is -2.39. The normalized spacial score (nSPS) is 16.3. The summed E-state index contributed by atoms with van der Waals surface area (Å²) >= 11 is 0. The maximum Gasteiger partial charge on any atom is 0.320 e. The summed E-state index contributed by atoms with van der Waals surface area (Å²) < 4.78 is 0. The highest BCUT2D eigenvalue weighted by molar-refractivity contribution is 5.72.